The molecule has 17 heavy (non-hydrogen) atoms. The van der Waals surface area contributed by atoms with Gasteiger partial charge in [0.1, 0.15) is 0 Å². The molecule has 0 heterocycles. The lowest BCUT2D eigenvalue weighted by Gasteiger charge is -2.24. The van der Waals surface area contributed by atoms with Crippen molar-refractivity contribution in [2.75, 3.05) is 20.6 Å². The van der Waals surface area contributed by atoms with Gasteiger partial charge < -0.3 is 16.0 Å². The molecule has 0 aromatic heterocycles. The molecule has 0 bridgehead atoms. The molecule has 3 N–H and O–H groups in total. The Hall–Kier alpha value is -0.770. The molecule has 4 nitrogen and oxygen atoms in total. The van der Waals surface area contributed by atoms with Gasteiger partial charge in [-0.05, 0) is 39.8 Å². The molecular weight excluding hydrogens is 212 g/mol. The van der Waals surface area contributed by atoms with E-state index in [-0.39, 0.29) is 0 Å². The van der Waals surface area contributed by atoms with Gasteiger partial charge in [-0.3, -0.25) is 4.99 Å². The molecule has 0 fully saturated rings. The molecule has 4 heteroatoms. The second-order valence-corrected chi connectivity index (χ2v) is 5.43. The second-order valence-electron chi connectivity index (χ2n) is 5.43. The van der Waals surface area contributed by atoms with Crippen molar-refractivity contribution >= 4 is 5.96 Å². The molecule has 0 amide bonds. The fourth-order valence-electron chi connectivity index (χ4n) is 1.60. The Morgan fingerprint density at radius 2 is 1.88 bits per heavy atom. The largest absolute Gasteiger partial charge is 0.370 e. The number of nitrogens with zero attached hydrogens (tertiary/aromatic N) is 2. The van der Waals surface area contributed by atoms with Gasteiger partial charge in [0.05, 0.1) is 6.54 Å². The standard InChI is InChI=1S/C13H30N4/c1-7-11(4)16-13(14)15-9-12(17(5)6)8-10(2)3/h10-12H,7-9H2,1-6H3,(H3,14,15,16). The molecule has 0 saturated heterocycles. The van der Waals surface area contributed by atoms with E-state index in [9.17, 15) is 0 Å². The van der Waals surface area contributed by atoms with Gasteiger partial charge in [0.15, 0.2) is 5.96 Å². The fourth-order valence-corrected chi connectivity index (χ4v) is 1.60. The SMILES string of the molecule is CCC(C)NC(N)=NCC(CC(C)C)N(C)C. The highest BCUT2D eigenvalue weighted by molar-refractivity contribution is 5.78. The van der Waals surface area contributed by atoms with E-state index < -0.39 is 0 Å². The quantitative estimate of drug-likeness (QED) is 0.527. The van der Waals surface area contributed by atoms with E-state index in [1.165, 1.54) is 0 Å². The number of guanidine groups is 1. The normalized spacial score (nSPS) is 16.4. The van der Waals surface area contributed by atoms with Crippen molar-refractivity contribution in [3.05, 3.63) is 0 Å². The highest BCUT2D eigenvalue weighted by Gasteiger charge is 2.12. The Morgan fingerprint density at radius 1 is 1.29 bits per heavy atom. The Balaban J connectivity index is 4.22. The number of hydrogen-bond acceptors (Lipinski definition) is 2. The molecule has 0 saturated carbocycles. The smallest absolute Gasteiger partial charge is 0.188 e. The Labute approximate surface area is 107 Å². The highest BCUT2D eigenvalue weighted by atomic mass is 15.1. The van der Waals surface area contributed by atoms with Gasteiger partial charge in [0, 0.05) is 12.1 Å². The zero-order chi connectivity index (χ0) is 13.4. The molecule has 0 aliphatic rings. The van der Waals surface area contributed by atoms with Gasteiger partial charge in [-0.2, -0.15) is 0 Å². The number of aliphatic imine (C=N–C) groups is 1. The maximum atomic E-state index is 5.85. The van der Waals surface area contributed by atoms with Crippen LogP contribution in [0, 0.1) is 5.92 Å². The topological polar surface area (TPSA) is 53.6 Å². The maximum absolute atomic E-state index is 5.85. The molecule has 2 atom stereocenters. The van der Waals surface area contributed by atoms with Gasteiger partial charge >= 0.3 is 0 Å². The summed E-state index contributed by atoms with van der Waals surface area (Å²) in [4.78, 5) is 6.65. The molecule has 0 spiro atoms. The first-order valence-corrected chi connectivity index (χ1v) is 6.59. The van der Waals surface area contributed by atoms with Gasteiger partial charge in [-0.15, -0.1) is 0 Å². The molecule has 0 aromatic rings. The van der Waals surface area contributed by atoms with Crippen molar-refractivity contribution in [2.24, 2.45) is 16.6 Å². The average molecular weight is 242 g/mol. The van der Waals surface area contributed by atoms with Crippen LogP contribution in [0.5, 0.6) is 0 Å². The van der Waals surface area contributed by atoms with Gasteiger partial charge in [0.25, 0.3) is 0 Å². The molecule has 102 valence electrons. The molecule has 2 unspecified atom stereocenters. The van der Waals surface area contributed by atoms with E-state index in [4.69, 9.17) is 5.73 Å². The predicted octanol–water partition coefficient (Wildman–Crippen LogP) is 1.67. The number of hydrogen-bond donors (Lipinski definition) is 2. The van der Waals surface area contributed by atoms with E-state index in [2.05, 4.69) is 57.0 Å². The Morgan fingerprint density at radius 3 is 2.29 bits per heavy atom. The van der Waals surface area contributed by atoms with Crippen LogP contribution in [-0.4, -0.2) is 43.6 Å². The van der Waals surface area contributed by atoms with Crippen LogP contribution < -0.4 is 11.1 Å². The van der Waals surface area contributed by atoms with E-state index in [1.807, 2.05) is 0 Å². The van der Waals surface area contributed by atoms with E-state index in [1.54, 1.807) is 0 Å². The lowest BCUT2D eigenvalue weighted by molar-refractivity contribution is 0.261. The molecule has 0 aliphatic heterocycles. The summed E-state index contributed by atoms with van der Waals surface area (Å²) in [6, 6.07) is 0.855. The number of nitrogens with one attached hydrogen (secondary N) is 1. The lowest BCUT2D eigenvalue weighted by atomic mass is 10.0. The van der Waals surface area contributed by atoms with Crippen molar-refractivity contribution in [2.45, 2.75) is 52.6 Å². The van der Waals surface area contributed by atoms with Crippen LogP contribution in [0.4, 0.5) is 0 Å². The summed E-state index contributed by atoms with van der Waals surface area (Å²) in [6.07, 6.45) is 2.20. The van der Waals surface area contributed by atoms with Crippen LogP contribution in [0.2, 0.25) is 0 Å². The Bertz CT molecular complexity index is 223. The number of nitrogens with two attached hydrogens (primary N) is 1. The molecular formula is C13H30N4. The minimum absolute atomic E-state index is 0.390. The zero-order valence-corrected chi connectivity index (χ0v) is 12.3. The van der Waals surface area contributed by atoms with Crippen molar-refractivity contribution in [1.82, 2.24) is 10.2 Å². The van der Waals surface area contributed by atoms with E-state index in [0.717, 1.165) is 19.4 Å². The van der Waals surface area contributed by atoms with Crippen molar-refractivity contribution in [3.8, 4) is 0 Å². The van der Waals surface area contributed by atoms with Crippen LogP contribution in [0.3, 0.4) is 0 Å². The average Bonchev–Trinajstić information content (AvgIpc) is 2.23. The zero-order valence-electron chi connectivity index (χ0n) is 12.3. The van der Waals surface area contributed by atoms with Crippen LogP contribution in [0.15, 0.2) is 4.99 Å². The third-order valence-electron chi connectivity index (χ3n) is 2.95. The summed E-state index contributed by atoms with van der Waals surface area (Å²) < 4.78 is 0. The summed E-state index contributed by atoms with van der Waals surface area (Å²) in [5, 5.41) is 3.19. The number of likely N-dealkylation sites (N-methyl/N-ethyl adjacent to an activating group) is 1. The van der Waals surface area contributed by atoms with Crippen LogP contribution in [-0.2, 0) is 0 Å². The van der Waals surface area contributed by atoms with E-state index >= 15 is 0 Å². The maximum Gasteiger partial charge on any atom is 0.188 e. The Kier molecular flexibility index (Phi) is 7.96. The summed E-state index contributed by atoms with van der Waals surface area (Å²) in [6.45, 7) is 9.48. The predicted molar refractivity (Wildman–Crippen MR) is 76.3 cm³/mol. The summed E-state index contributed by atoms with van der Waals surface area (Å²) in [5.74, 6) is 1.25. The summed E-state index contributed by atoms with van der Waals surface area (Å²) in [5.41, 5.74) is 5.85. The first kappa shape index (κ1) is 16.2. The van der Waals surface area contributed by atoms with Crippen molar-refractivity contribution in [1.29, 1.82) is 0 Å². The second kappa shape index (κ2) is 8.34. The number of rotatable bonds is 7. The summed E-state index contributed by atoms with van der Waals surface area (Å²) in [7, 11) is 4.20. The van der Waals surface area contributed by atoms with Crippen LogP contribution >= 0.6 is 0 Å². The third-order valence-corrected chi connectivity index (χ3v) is 2.95. The monoisotopic (exact) mass is 242 g/mol. The first-order valence-electron chi connectivity index (χ1n) is 6.59. The van der Waals surface area contributed by atoms with Crippen LogP contribution in [0.25, 0.3) is 0 Å². The minimum atomic E-state index is 0.390. The molecule has 0 aromatic carbocycles. The van der Waals surface area contributed by atoms with Crippen LogP contribution in [0.1, 0.15) is 40.5 Å². The van der Waals surface area contributed by atoms with Gasteiger partial charge in [0.2, 0.25) is 0 Å². The third kappa shape index (κ3) is 8.02. The van der Waals surface area contributed by atoms with E-state index in [0.29, 0.717) is 24.0 Å². The molecule has 0 aliphatic carbocycles. The van der Waals surface area contributed by atoms with Crippen molar-refractivity contribution < 1.29 is 0 Å². The highest BCUT2D eigenvalue weighted by Crippen LogP contribution is 2.09. The minimum Gasteiger partial charge on any atom is -0.370 e. The summed E-state index contributed by atoms with van der Waals surface area (Å²) >= 11 is 0. The first-order chi connectivity index (χ1) is 7.86. The fraction of sp³-hybridized carbons (Fsp3) is 0.923. The van der Waals surface area contributed by atoms with Crippen molar-refractivity contribution in [3.63, 3.8) is 0 Å². The molecule has 0 rings (SSSR count). The molecule has 0 radical (unpaired) electrons. The van der Waals surface area contributed by atoms with Gasteiger partial charge in [-0.25, -0.2) is 0 Å². The van der Waals surface area contributed by atoms with Gasteiger partial charge in [-0.1, -0.05) is 20.8 Å². The lowest BCUT2D eigenvalue weighted by Crippen LogP contribution is -2.40.